The molecule has 2 saturated heterocycles. The number of carbonyl (C=O) groups excluding carboxylic acids is 4. The van der Waals surface area contributed by atoms with Gasteiger partial charge in [0.05, 0.1) is 12.2 Å². The van der Waals surface area contributed by atoms with Crippen molar-refractivity contribution in [2.45, 2.75) is 116 Å². The monoisotopic (exact) mass is 655 g/mol. The van der Waals surface area contributed by atoms with E-state index in [2.05, 4.69) is 19.2 Å². The number of benzene rings is 1. The Morgan fingerprint density at radius 3 is 2.40 bits per heavy atom. The molecule has 0 aromatic heterocycles. The Morgan fingerprint density at radius 1 is 1.04 bits per heavy atom. The maximum atomic E-state index is 13.5. The van der Waals surface area contributed by atoms with E-state index in [-0.39, 0.29) is 37.6 Å². The number of hydrogen-bond acceptors (Lipinski definition) is 10. The lowest BCUT2D eigenvalue weighted by molar-refractivity contribution is -0.190. The van der Waals surface area contributed by atoms with Crippen molar-refractivity contribution in [1.29, 1.82) is 0 Å². The molecule has 3 aliphatic rings. The Balaban J connectivity index is 1.49. The molecule has 0 radical (unpaired) electrons. The van der Waals surface area contributed by atoms with E-state index in [1.807, 2.05) is 0 Å². The van der Waals surface area contributed by atoms with E-state index < -0.39 is 53.5 Å². The second-order valence-electron chi connectivity index (χ2n) is 13.2. The van der Waals surface area contributed by atoms with Gasteiger partial charge in [-0.2, -0.15) is 0 Å². The zero-order valence-corrected chi connectivity index (χ0v) is 28.0. The fourth-order valence-corrected chi connectivity index (χ4v) is 6.11. The van der Waals surface area contributed by atoms with Crippen molar-refractivity contribution in [1.82, 2.24) is 5.32 Å². The molecule has 11 heteroatoms. The molecule has 1 aromatic rings. The Hall–Kier alpha value is -3.54. The molecular weight excluding hydrogens is 606 g/mol. The van der Waals surface area contributed by atoms with E-state index in [1.165, 1.54) is 12.2 Å². The van der Waals surface area contributed by atoms with Gasteiger partial charge in [-0.25, -0.2) is 14.4 Å². The molecule has 0 spiro atoms. The van der Waals surface area contributed by atoms with Gasteiger partial charge in [0.1, 0.15) is 24.9 Å². The van der Waals surface area contributed by atoms with E-state index >= 15 is 0 Å². The number of amides is 1. The van der Waals surface area contributed by atoms with Crippen LogP contribution in [0.1, 0.15) is 101 Å². The highest BCUT2D eigenvalue weighted by Crippen LogP contribution is 2.43. The molecule has 4 rings (SSSR count). The molecule has 2 aliphatic heterocycles. The molecule has 1 amide bonds. The van der Waals surface area contributed by atoms with Crippen molar-refractivity contribution in [2.75, 3.05) is 19.8 Å². The molecule has 258 valence electrons. The van der Waals surface area contributed by atoms with Gasteiger partial charge in [0.15, 0.2) is 5.79 Å². The van der Waals surface area contributed by atoms with E-state index in [9.17, 15) is 24.3 Å². The van der Waals surface area contributed by atoms with Crippen LogP contribution in [0.2, 0.25) is 0 Å². The Morgan fingerprint density at radius 2 is 1.77 bits per heavy atom. The van der Waals surface area contributed by atoms with Crippen LogP contribution in [0.25, 0.3) is 6.08 Å². The summed E-state index contributed by atoms with van der Waals surface area (Å²) in [5, 5.41) is 11.9. The maximum Gasteiger partial charge on any atom is 0.348 e. The van der Waals surface area contributed by atoms with E-state index in [1.54, 1.807) is 44.2 Å². The third-order valence-electron chi connectivity index (χ3n) is 8.73. The number of fused-ring (bicyclic) bond motifs is 1. The van der Waals surface area contributed by atoms with Gasteiger partial charge >= 0.3 is 17.9 Å². The SMILES string of the molecule is CCCCCC1(CCCCC)O[C@@H]2[C@@H](C=C(C(=O)NCCO)C[C@H]2OC(=O)c2cccc(C=CC(=O)O[C@H]3C(=O)OCC3(C)C)c2)O1. The van der Waals surface area contributed by atoms with Gasteiger partial charge in [-0.05, 0) is 42.7 Å². The second-order valence-corrected chi connectivity index (χ2v) is 13.2. The molecule has 0 bridgehead atoms. The summed E-state index contributed by atoms with van der Waals surface area (Å²) < 4.78 is 29.7. The molecule has 0 unspecified atom stereocenters. The van der Waals surface area contributed by atoms with Crippen LogP contribution in [0.15, 0.2) is 42.0 Å². The number of rotatable bonds is 16. The van der Waals surface area contributed by atoms with Crippen molar-refractivity contribution in [3.05, 3.63) is 53.1 Å². The summed E-state index contributed by atoms with van der Waals surface area (Å²) in [6.07, 6.45) is 9.04. The third kappa shape index (κ3) is 9.52. The fraction of sp³-hybridized carbons (Fsp3) is 0.611. The van der Waals surface area contributed by atoms with E-state index in [4.69, 9.17) is 23.7 Å². The third-order valence-corrected chi connectivity index (χ3v) is 8.73. The van der Waals surface area contributed by atoms with Crippen molar-refractivity contribution in [3.8, 4) is 0 Å². The molecule has 4 atom stereocenters. The predicted octanol–water partition coefficient (Wildman–Crippen LogP) is 4.80. The standard InChI is InChI=1S/C36H49NO10/c1-5-7-9-16-36(17-10-8-6-2)46-28-22-26(32(40)37-18-19-38)21-27(30(28)47-36)44-33(41)25-13-11-12-24(20-25)14-15-29(39)45-31-34(42)43-23-35(31,3)4/h11-15,20,22,27-28,30-31,38H,5-10,16-19,21,23H2,1-4H3,(H,37,40)/t27-,28-,30+,31+/m1/s1. The van der Waals surface area contributed by atoms with Gasteiger partial charge in [0.25, 0.3) is 0 Å². The summed E-state index contributed by atoms with van der Waals surface area (Å²) in [7, 11) is 0. The van der Waals surface area contributed by atoms with Crippen LogP contribution in [-0.4, -0.2) is 78.9 Å². The number of nitrogens with one attached hydrogen (secondary N) is 1. The minimum Gasteiger partial charge on any atom is -0.462 e. The van der Waals surface area contributed by atoms with Crippen LogP contribution in [0.5, 0.6) is 0 Å². The number of unbranched alkanes of at least 4 members (excludes halogenated alkanes) is 4. The molecule has 0 saturated carbocycles. The first kappa shape index (κ1) is 36.3. The van der Waals surface area contributed by atoms with Gasteiger partial charge in [0.2, 0.25) is 12.0 Å². The maximum absolute atomic E-state index is 13.5. The fourth-order valence-electron chi connectivity index (χ4n) is 6.11. The zero-order chi connectivity index (χ0) is 34.0. The second kappa shape index (κ2) is 16.5. The topological polar surface area (TPSA) is 147 Å². The summed E-state index contributed by atoms with van der Waals surface area (Å²) in [4.78, 5) is 50.9. The summed E-state index contributed by atoms with van der Waals surface area (Å²) in [5.74, 6) is -3.09. The quantitative estimate of drug-likeness (QED) is 0.110. The lowest BCUT2D eigenvalue weighted by Crippen LogP contribution is -2.43. The number of hydrogen-bond donors (Lipinski definition) is 2. The highest BCUT2D eigenvalue weighted by Gasteiger charge is 2.52. The number of aliphatic hydroxyl groups is 1. The highest BCUT2D eigenvalue weighted by atomic mass is 16.8. The summed E-state index contributed by atoms with van der Waals surface area (Å²) in [6, 6.07) is 6.56. The number of carbonyl (C=O) groups is 4. The smallest absolute Gasteiger partial charge is 0.348 e. The summed E-state index contributed by atoms with van der Waals surface area (Å²) in [6.45, 7) is 7.91. The van der Waals surface area contributed by atoms with Crippen LogP contribution in [-0.2, 0) is 38.1 Å². The lowest BCUT2D eigenvalue weighted by atomic mass is 9.90. The number of cyclic esters (lactones) is 1. The Bertz CT molecular complexity index is 1320. The van der Waals surface area contributed by atoms with Crippen LogP contribution >= 0.6 is 0 Å². The van der Waals surface area contributed by atoms with Crippen molar-refractivity contribution >= 4 is 29.9 Å². The number of esters is 3. The highest BCUT2D eigenvalue weighted by molar-refractivity contribution is 5.94. The van der Waals surface area contributed by atoms with E-state index in [0.29, 0.717) is 24.0 Å². The molecule has 11 nitrogen and oxygen atoms in total. The van der Waals surface area contributed by atoms with Crippen LogP contribution in [0.4, 0.5) is 0 Å². The van der Waals surface area contributed by atoms with Gasteiger partial charge in [-0.3, -0.25) is 4.79 Å². The van der Waals surface area contributed by atoms with Crippen LogP contribution < -0.4 is 5.32 Å². The molecular formula is C36H49NO10. The number of ether oxygens (including phenoxy) is 5. The minimum absolute atomic E-state index is 0.0976. The summed E-state index contributed by atoms with van der Waals surface area (Å²) >= 11 is 0. The van der Waals surface area contributed by atoms with Gasteiger partial charge in [-0.15, -0.1) is 0 Å². The largest absolute Gasteiger partial charge is 0.462 e. The van der Waals surface area contributed by atoms with Crippen LogP contribution in [0.3, 0.4) is 0 Å². The normalized spacial score (nSPS) is 24.4. The van der Waals surface area contributed by atoms with Gasteiger partial charge < -0.3 is 34.1 Å². The average molecular weight is 656 g/mol. The van der Waals surface area contributed by atoms with E-state index in [0.717, 1.165) is 38.5 Å². The van der Waals surface area contributed by atoms with Crippen molar-refractivity contribution in [2.24, 2.45) is 5.41 Å². The average Bonchev–Trinajstić information content (AvgIpc) is 3.55. The van der Waals surface area contributed by atoms with Gasteiger partial charge in [-0.1, -0.05) is 65.5 Å². The van der Waals surface area contributed by atoms with Crippen LogP contribution in [0, 0.1) is 5.41 Å². The van der Waals surface area contributed by atoms with Gasteiger partial charge in [0, 0.05) is 42.9 Å². The first-order chi connectivity index (χ1) is 22.5. The van der Waals surface area contributed by atoms with Crippen molar-refractivity contribution in [3.63, 3.8) is 0 Å². The molecule has 1 aromatic carbocycles. The predicted molar refractivity (Wildman–Crippen MR) is 173 cm³/mol. The lowest BCUT2D eigenvalue weighted by Gasteiger charge is -2.31. The summed E-state index contributed by atoms with van der Waals surface area (Å²) in [5.41, 5.74) is 0.565. The molecule has 1 aliphatic carbocycles. The first-order valence-electron chi connectivity index (χ1n) is 16.8. The Labute approximate surface area is 277 Å². The first-order valence-corrected chi connectivity index (χ1v) is 16.8. The molecule has 2 fully saturated rings. The zero-order valence-electron chi connectivity index (χ0n) is 28.0. The van der Waals surface area contributed by atoms with Crippen molar-refractivity contribution < 1.29 is 48.0 Å². The molecule has 47 heavy (non-hydrogen) atoms. The number of aliphatic hydroxyl groups excluding tert-OH is 1. The molecule has 2 N–H and O–H groups in total. The Kier molecular flexibility index (Phi) is 12.8. The molecule has 2 heterocycles. The minimum atomic E-state index is -0.997.